The quantitative estimate of drug-likeness (QED) is 0.0628. The highest BCUT2D eigenvalue weighted by Gasteiger charge is 2.11. The van der Waals surface area contributed by atoms with Gasteiger partial charge < -0.3 is 50.8 Å². The van der Waals surface area contributed by atoms with Crippen molar-refractivity contribution in [3.05, 3.63) is 0 Å². The molecule has 0 radical (unpaired) electrons. The lowest BCUT2D eigenvalue weighted by atomic mass is 10.1. The van der Waals surface area contributed by atoms with E-state index in [4.69, 9.17) is 34.9 Å². The van der Waals surface area contributed by atoms with Gasteiger partial charge in [-0.2, -0.15) is 0 Å². The number of rotatable bonds is 24. The standard InChI is InChI=1S/C22H44N4O9/c1-2-3-7-24-20(28)16-34-14-13-33-11-9-26-21(29)17-35-15-12-32-10-8-25-19(27)6-4-5-18(23)22(30)31/h18,22,30-31H,2-17,23H2,1H3,(H,24,28)(H,25,27)(H,26,29). The number of aliphatic hydroxyl groups is 2. The average molecular weight is 509 g/mol. The summed E-state index contributed by atoms with van der Waals surface area (Å²) in [6, 6.07) is -0.756. The molecule has 7 N–H and O–H groups in total. The number of hydrogen-bond acceptors (Lipinski definition) is 10. The molecule has 0 rings (SSSR count). The number of ether oxygens (including phenoxy) is 4. The fourth-order valence-electron chi connectivity index (χ4n) is 2.54. The molecule has 3 amide bonds. The monoisotopic (exact) mass is 508 g/mol. The molecule has 1 unspecified atom stereocenters. The molecular weight excluding hydrogens is 464 g/mol. The Labute approximate surface area is 207 Å². The predicted octanol–water partition coefficient (Wildman–Crippen LogP) is -1.99. The summed E-state index contributed by atoms with van der Waals surface area (Å²) in [6.07, 6.45) is 1.44. The number of unbranched alkanes of at least 4 members (excludes halogenated alkanes) is 1. The van der Waals surface area contributed by atoms with E-state index in [-0.39, 0.29) is 50.6 Å². The van der Waals surface area contributed by atoms with E-state index in [1.54, 1.807) is 0 Å². The molecule has 1 atom stereocenters. The largest absolute Gasteiger partial charge is 0.377 e. The molecule has 0 aliphatic rings. The third-order valence-corrected chi connectivity index (χ3v) is 4.52. The molecule has 0 saturated heterocycles. The Morgan fingerprint density at radius 3 is 1.71 bits per heavy atom. The lowest BCUT2D eigenvalue weighted by Crippen LogP contribution is -2.34. The number of hydrogen-bond donors (Lipinski definition) is 6. The van der Waals surface area contributed by atoms with Crippen molar-refractivity contribution < 1.29 is 43.5 Å². The van der Waals surface area contributed by atoms with E-state index >= 15 is 0 Å². The summed E-state index contributed by atoms with van der Waals surface area (Å²) in [5.41, 5.74) is 5.46. The highest BCUT2D eigenvalue weighted by atomic mass is 16.5. The van der Waals surface area contributed by atoms with Gasteiger partial charge in [0.05, 0.1) is 45.7 Å². The summed E-state index contributed by atoms with van der Waals surface area (Å²) in [6.45, 7) is 5.07. The number of carbonyl (C=O) groups excluding carboxylic acids is 3. The van der Waals surface area contributed by atoms with E-state index in [0.717, 1.165) is 12.8 Å². The molecule has 0 aliphatic carbocycles. The minimum Gasteiger partial charge on any atom is -0.377 e. The van der Waals surface area contributed by atoms with Gasteiger partial charge in [-0.05, 0) is 19.3 Å². The number of amides is 3. The second-order valence-corrected chi connectivity index (χ2v) is 7.70. The third-order valence-electron chi connectivity index (χ3n) is 4.52. The Morgan fingerprint density at radius 1 is 0.714 bits per heavy atom. The minimum absolute atomic E-state index is 0.00759. The van der Waals surface area contributed by atoms with Gasteiger partial charge in [0.2, 0.25) is 17.7 Å². The first-order chi connectivity index (χ1) is 16.9. The summed E-state index contributed by atoms with van der Waals surface area (Å²) in [4.78, 5) is 34.7. The maximum absolute atomic E-state index is 11.7. The molecule has 206 valence electrons. The highest BCUT2D eigenvalue weighted by molar-refractivity contribution is 5.77. The fraction of sp³-hybridized carbons (Fsp3) is 0.864. The van der Waals surface area contributed by atoms with Crippen molar-refractivity contribution in [1.29, 1.82) is 0 Å². The van der Waals surface area contributed by atoms with Crippen LogP contribution in [0.4, 0.5) is 0 Å². The average Bonchev–Trinajstić information content (AvgIpc) is 2.82. The molecule has 13 nitrogen and oxygen atoms in total. The van der Waals surface area contributed by atoms with Gasteiger partial charge in [0, 0.05) is 26.1 Å². The van der Waals surface area contributed by atoms with Crippen molar-refractivity contribution in [2.24, 2.45) is 5.73 Å². The Hall–Kier alpha value is -1.87. The zero-order valence-electron chi connectivity index (χ0n) is 20.8. The van der Waals surface area contributed by atoms with Gasteiger partial charge in [-0.15, -0.1) is 0 Å². The maximum atomic E-state index is 11.7. The smallest absolute Gasteiger partial charge is 0.246 e. The second-order valence-electron chi connectivity index (χ2n) is 7.70. The van der Waals surface area contributed by atoms with Crippen LogP contribution in [0.1, 0.15) is 39.0 Å². The van der Waals surface area contributed by atoms with Crippen LogP contribution in [0.5, 0.6) is 0 Å². The zero-order chi connectivity index (χ0) is 26.2. The number of carbonyl (C=O) groups is 3. The van der Waals surface area contributed by atoms with Gasteiger partial charge in [0.15, 0.2) is 6.29 Å². The van der Waals surface area contributed by atoms with Crippen LogP contribution >= 0.6 is 0 Å². The highest BCUT2D eigenvalue weighted by Crippen LogP contribution is 2.01. The summed E-state index contributed by atoms with van der Waals surface area (Å²) in [7, 11) is 0. The first-order valence-corrected chi connectivity index (χ1v) is 12.1. The van der Waals surface area contributed by atoms with Crippen LogP contribution in [0.15, 0.2) is 0 Å². The SMILES string of the molecule is CCCCNC(=O)COCCOCCNC(=O)COCCOCCNC(=O)CCCC(N)C(O)O. The Bertz CT molecular complexity index is 553. The molecule has 13 heteroatoms. The molecule has 0 aromatic rings. The molecule has 0 aromatic heterocycles. The molecular formula is C22H44N4O9. The van der Waals surface area contributed by atoms with Gasteiger partial charge in [-0.25, -0.2) is 0 Å². The van der Waals surface area contributed by atoms with Crippen LogP contribution in [0, 0.1) is 0 Å². The summed E-state index contributed by atoms with van der Waals surface area (Å²) in [5, 5.41) is 25.8. The van der Waals surface area contributed by atoms with Crippen molar-refractivity contribution in [3.8, 4) is 0 Å². The fourth-order valence-corrected chi connectivity index (χ4v) is 2.54. The second kappa shape index (κ2) is 23.9. The van der Waals surface area contributed by atoms with Crippen LogP contribution in [0.2, 0.25) is 0 Å². The number of nitrogens with two attached hydrogens (primary N) is 1. The predicted molar refractivity (Wildman–Crippen MR) is 127 cm³/mol. The molecule has 0 spiro atoms. The van der Waals surface area contributed by atoms with Crippen LogP contribution in [-0.4, -0.2) is 113 Å². The van der Waals surface area contributed by atoms with E-state index < -0.39 is 12.3 Å². The van der Waals surface area contributed by atoms with Crippen LogP contribution < -0.4 is 21.7 Å². The van der Waals surface area contributed by atoms with Crippen LogP contribution in [0.3, 0.4) is 0 Å². The summed E-state index contributed by atoms with van der Waals surface area (Å²) >= 11 is 0. The van der Waals surface area contributed by atoms with Crippen molar-refractivity contribution in [1.82, 2.24) is 16.0 Å². The van der Waals surface area contributed by atoms with Crippen molar-refractivity contribution in [3.63, 3.8) is 0 Å². The van der Waals surface area contributed by atoms with Gasteiger partial charge >= 0.3 is 0 Å². The lowest BCUT2D eigenvalue weighted by molar-refractivity contribution is -0.127. The van der Waals surface area contributed by atoms with Crippen LogP contribution in [-0.2, 0) is 33.3 Å². The Kier molecular flexibility index (Phi) is 22.6. The van der Waals surface area contributed by atoms with Gasteiger partial charge in [0.1, 0.15) is 13.2 Å². The molecule has 0 aliphatic heterocycles. The first-order valence-electron chi connectivity index (χ1n) is 12.1. The van der Waals surface area contributed by atoms with E-state index in [0.29, 0.717) is 58.9 Å². The maximum Gasteiger partial charge on any atom is 0.246 e. The van der Waals surface area contributed by atoms with Gasteiger partial charge in [0.25, 0.3) is 0 Å². The molecule has 0 heterocycles. The molecule has 0 bridgehead atoms. The summed E-state index contributed by atoms with van der Waals surface area (Å²) < 4.78 is 21.0. The first kappa shape index (κ1) is 33.1. The van der Waals surface area contributed by atoms with Gasteiger partial charge in [-0.3, -0.25) is 14.4 Å². The summed E-state index contributed by atoms with van der Waals surface area (Å²) in [5.74, 6) is -0.574. The molecule has 0 fully saturated rings. The van der Waals surface area contributed by atoms with Gasteiger partial charge in [-0.1, -0.05) is 13.3 Å². The van der Waals surface area contributed by atoms with E-state index in [2.05, 4.69) is 22.9 Å². The zero-order valence-corrected chi connectivity index (χ0v) is 20.8. The number of aliphatic hydroxyl groups excluding tert-OH is 1. The molecule has 0 saturated carbocycles. The van der Waals surface area contributed by atoms with Crippen molar-refractivity contribution >= 4 is 17.7 Å². The lowest BCUT2D eigenvalue weighted by Gasteiger charge is -2.13. The van der Waals surface area contributed by atoms with Crippen molar-refractivity contribution in [2.45, 2.75) is 51.4 Å². The molecule has 0 aromatic carbocycles. The van der Waals surface area contributed by atoms with E-state index in [9.17, 15) is 14.4 Å². The number of nitrogens with one attached hydrogen (secondary N) is 3. The minimum atomic E-state index is -1.58. The van der Waals surface area contributed by atoms with Crippen molar-refractivity contribution in [2.75, 3.05) is 72.5 Å². The Morgan fingerprint density at radius 2 is 1.20 bits per heavy atom. The Balaban J connectivity index is 3.36. The normalized spacial score (nSPS) is 11.9. The molecule has 35 heavy (non-hydrogen) atoms. The van der Waals surface area contributed by atoms with E-state index in [1.165, 1.54) is 0 Å². The topological polar surface area (TPSA) is 191 Å². The van der Waals surface area contributed by atoms with E-state index in [1.807, 2.05) is 0 Å². The van der Waals surface area contributed by atoms with Crippen LogP contribution in [0.25, 0.3) is 0 Å². The third kappa shape index (κ3) is 23.6.